The van der Waals surface area contributed by atoms with E-state index in [2.05, 4.69) is 0 Å². The topological polar surface area (TPSA) is 74.7 Å². The largest absolute Gasteiger partial charge is 0.481 e. The van der Waals surface area contributed by atoms with Crippen LogP contribution in [-0.2, 0) is 14.8 Å². The molecule has 1 aliphatic rings. The molecule has 3 rings (SSSR count). The highest BCUT2D eigenvalue weighted by molar-refractivity contribution is 7.92. The third kappa shape index (κ3) is 2.14. The Kier molecular flexibility index (Phi) is 3.37. The van der Waals surface area contributed by atoms with Crippen molar-refractivity contribution in [2.75, 3.05) is 10.8 Å². The number of sulfonamides is 1. The molecule has 5 nitrogen and oxygen atoms in total. The average molecular weight is 321 g/mol. The Labute approximate surface area is 126 Å². The standard InChI is InChI=1S/C15H12FNO4S/c16-12-6-2-4-8-14(12)22(20,21)17-9-11(15(18)19)10-5-1-3-7-13(10)17/h1-8,11H,9H2,(H,18,19). The van der Waals surface area contributed by atoms with Gasteiger partial charge in [-0.2, -0.15) is 0 Å². The van der Waals surface area contributed by atoms with Crippen LogP contribution in [0, 0.1) is 5.82 Å². The van der Waals surface area contributed by atoms with E-state index in [4.69, 9.17) is 0 Å². The molecule has 0 amide bonds. The molecule has 1 aliphatic heterocycles. The van der Waals surface area contributed by atoms with Gasteiger partial charge in [0.2, 0.25) is 0 Å². The van der Waals surface area contributed by atoms with Gasteiger partial charge in [-0.1, -0.05) is 30.3 Å². The van der Waals surface area contributed by atoms with Gasteiger partial charge in [-0.3, -0.25) is 9.10 Å². The van der Waals surface area contributed by atoms with Gasteiger partial charge in [0.1, 0.15) is 16.6 Å². The summed E-state index contributed by atoms with van der Waals surface area (Å²) in [4.78, 5) is 10.9. The quantitative estimate of drug-likeness (QED) is 0.940. The number of fused-ring (bicyclic) bond motifs is 1. The van der Waals surface area contributed by atoms with Crippen LogP contribution in [0.15, 0.2) is 53.4 Å². The van der Waals surface area contributed by atoms with Crippen LogP contribution in [0.25, 0.3) is 0 Å². The zero-order valence-corrected chi connectivity index (χ0v) is 12.1. The van der Waals surface area contributed by atoms with E-state index in [0.717, 1.165) is 10.4 Å². The van der Waals surface area contributed by atoms with Gasteiger partial charge in [0.25, 0.3) is 10.0 Å². The van der Waals surface area contributed by atoms with E-state index < -0.39 is 32.6 Å². The van der Waals surface area contributed by atoms with Gasteiger partial charge in [0.05, 0.1) is 12.2 Å². The van der Waals surface area contributed by atoms with E-state index in [0.29, 0.717) is 5.56 Å². The summed E-state index contributed by atoms with van der Waals surface area (Å²) in [5.41, 5.74) is 0.688. The van der Waals surface area contributed by atoms with Gasteiger partial charge in [-0.05, 0) is 23.8 Å². The molecule has 1 unspecified atom stereocenters. The molecule has 7 heteroatoms. The van der Waals surface area contributed by atoms with E-state index in [1.165, 1.54) is 24.3 Å². The number of hydrogen-bond donors (Lipinski definition) is 1. The van der Waals surface area contributed by atoms with Crippen molar-refractivity contribution in [3.8, 4) is 0 Å². The zero-order valence-electron chi connectivity index (χ0n) is 11.3. The van der Waals surface area contributed by atoms with Crippen LogP contribution in [0.3, 0.4) is 0 Å². The first-order valence-corrected chi connectivity index (χ1v) is 7.96. The molecule has 0 saturated heterocycles. The highest BCUT2D eigenvalue weighted by Crippen LogP contribution is 2.39. The third-order valence-corrected chi connectivity index (χ3v) is 5.44. The molecule has 22 heavy (non-hydrogen) atoms. The summed E-state index contributed by atoms with van der Waals surface area (Å²) < 4.78 is 40.2. The molecule has 114 valence electrons. The Hall–Kier alpha value is -2.41. The zero-order chi connectivity index (χ0) is 15.9. The van der Waals surface area contributed by atoms with Gasteiger partial charge < -0.3 is 5.11 Å². The summed E-state index contributed by atoms with van der Waals surface area (Å²) >= 11 is 0. The Balaban J connectivity index is 2.14. The van der Waals surface area contributed by atoms with Crippen LogP contribution >= 0.6 is 0 Å². The van der Waals surface area contributed by atoms with Crippen molar-refractivity contribution in [1.29, 1.82) is 0 Å². The summed E-state index contributed by atoms with van der Waals surface area (Å²) in [7, 11) is -4.15. The van der Waals surface area contributed by atoms with Crippen molar-refractivity contribution in [2.45, 2.75) is 10.8 Å². The third-order valence-electron chi connectivity index (χ3n) is 3.63. The van der Waals surface area contributed by atoms with Gasteiger partial charge >= 0.3 is 5.97 Å². The van der Waals surface area contributed by atoms with E-state index in [1.54, 1.807) is 18.2 Å². The first-order chi connectivity index (χ1) is 10.4. The first-order valence-electron chi connectivity index (χ1n) is 6.52. The van der Waals surface area contributed by atoms with Crippen molar-refractivity contribution in [1.82, 2.24) is 0 Å². The van der Waals surface area contributed by atoms with Gasteiger partial charge in [-0.15, -0.1) is 0 Å². The summed E-state index contributed by atoms with van der Waals surface area (Å²) in [6.07, 6.45) is 0. The van der Waals surface area contributed by atoms with E-state index in [-0.39, 0.29) is 12.2 Å². The number of carboxylic acids is 1. The normalized spacial score (nSPS) is 17.3. The fraction of sp³-hybridized carbons (Fsp3) is 0.133. The average Bonchev–Trinajstić information content (AvgIpc) is 2.88. The van der Waals surface area contributed by atoms with Crippen molar-refractivity contribution in [3.05, 3.63) is 59.9 Å². The highest BCUT2D eigenvalue weighted by atomic mass is 32.2. The molecular weight excluding hydrogens is 309 g/mol. The Morgan fingerprint density at radius 1 is 1.14 bits per heavy atom. The smallest absolute Gasteiger partial charge is 0.312 e. The second-order valence-electron chi connectivity index (χ2n) is 4.92. The lowest BCUT2D eigenvalue weighted by molar-refractivity contribution is -0.138. The maximum absolute atomic E-state index is 13.8. The molecule has 0 bridgehead atoms. The van der Waals surface area contributed by atoms with Crippen molar-refractivity contribution in [3.63, 3.8) is 0 Å². The lowest BCUT2D eigenvalue weighted by Crippen LogP contribution is -2.31. The Bertz CT molecular complexity index is 850. The number of nitrogens with zero attached hydrogens (tertiary/aromatic N) is 1. The molecule has 0 radical (unpaired) electrons. The molecule has 1 atom stereocenters. The van der Waals surface area contributed by atoms with Crippen LogP contribution in [0.4, 0.5) is 10.1 Å². The number of para-hydroxylation sites is 1. The molecule has 2 aromatic rings. The van der Waals surface area contributed by atoms with Crippen LogP contribution in [0.1, 0.15) is 11.5 Å². The van der Waals surface area contributed by atoms with Crippen molar-refractivity contribution < 1.29 is 22.7 Å². The lowest BCUT2D eigenvalue weighted by atomic mass is 10.0. The maximum Gasteiger partial charge on any atom is 0.312 e. The summed E-state index contributed by atoms with van der Waals surface area (Å²) in [6, 6.07) is 11.4. The summed E-state index contributed by atoms with van der Waals surface area (Å²) in [5.74, 6) is -2.94. The number of hydrogen-bond acceptors (Lipinski definition) is 3. The van der Waals surface area contributed by atoms with E-state index in [9.17, 15) is 22.7 Å². The number of aliphatic carboxylic acids is 1. The molecule has 0 saturated carbocycles. The monoisotopic (exact) mass is 321 g/mol. The number of carbonyl (C=O) groups is 1. The van der Waals surface area contributed by atoms with Gasteiger partial charge in [0, 0.05) is 0 Å². The minimum atomic E-state index is -4.15. The summed E-state index contributed by atoms with van der Waals surface area (Å²) in [6.45, 7) is -0.245. The summed E-state index contributed by atoms with van der Waals surface area (Å²) in [5, 5.41) is 9.27. The van der Waals surface area contributed by atoms with Crippen molar-refractivity contribution >= 4 is 21.7 Å². The van der Waals surface area contributed by atoms with Crippen LogP contribution in [-0.4, -0.2) is 26.0 Å². The molecular formula is C15H12FNO4S. The minimum absolute atomic E-state index is 0.245. The highest BCUT2D eigenvalue weighted by Gasteiger charge is 2.40. The Morgan fingerprint density at radius 2 is 1.77 bits per heavy atom. The Morgan fingerprint density at radius 3 is 2.45 bits per heavy atom. The lowest BCUT2D eigenvalue weighted by Gasteiger charge is -2.20. The molecule has 0 aromatic heterocycles. The van der Waals surface area contributed by atoms with Crippen LogP contribution in [0.2, 0.25) is 0 Å². The van der Waals surface area contributed by atoms with Crippen LogP contribution < -0.4 is 4.31 Å². The molecule has 0 spiro atoms. The number of rotatable bonds is 3. The van der Waals surface area contributed by atoms with E-state index >= 15 is 0 Å². The SMILES string of the molecule is O=C(O)C1CN(S(=O)(=O)c2ccccc2F)c2ccccc21. The molecule has 0 fully saturated rings. The molecule has 0 aliphatic carbocycles. The number of halogens is 1. The van der Waals surface area contributed by atoms with Crippen molar-refractivity contribution in [2.24, 2.45) is 0 Å². The first kappa shape index (κ1) is 14.5. The van der Waals surface area contributed by atoms with Gasteiger partial charge in [0.15, 0.2) is 0 Å². The molecule has 1 N–H and O–H groups in total. The van der Waals surface area contributed by atoms with Gasteiger partial charge in [-0.25, -0.2) is 12.8 Å². The fourth-order valence-electron chi connectivity index (χ4n) is 2.58. The number of anilines is 1. The predicted molar refractivity (Wildman–Crippen MR) is 77.8 cm³/mol. The molecule has 1 heterocycles. The fourth-order valence-corrected chi connectivity index (χ4v) is 4.16. The number of benzene rings is 2. The number of carboxylic acid groups (broad SMARTS) is 1. The second-order valence-corrected chi connectivity index (χ2v) is 6.75. The van der Waals surface area contributed by atoms with E-state index in [1.807, 2.05) is 0 Å². The predicted octanol–water partition coefficient (Wildman–Crippen LogP) is 2.20. The maximum atomic E-state index is 13.8. The molecule has 2 aromatic carbocycles. The second kappa shape index (κ2) is 5.10. The van der Waals surface area contributed by atoms with Crippen LogP contribution in [0.5, 0.6) is 0 Å². The minimum Gasteiger partial charge on any atom is -0.481 e.